The predicted molar refractivity (Wildman–Crippen MR) is 164 cm³/mol. The van der Waals surface area contributed by atoms with Gasteiger partial charge < -0.3 is 25.5 Å². The molecule has 1 aromatic carbocycles. The Morgan fingerprint density at radius 3 is 2.56 bits per heavy atom. The first kappa shape index (κ1) is 32.8. The summed E-state index contributed by atoms with van der Waals surface area (Å²) in [6.45, 7) is 3.40. The van der Waals surface area contributed by atoms with Crippen LogP contribution in [-0.2, 0) is 4.79 Å². The number of anilines is 4. The summed E-state index contributed by atoms with van der Waals surface area (Å²) in [5.41, 5.74) is 0.829. The number of rotatable bonds is 11. The first-order chi connectivity index (χ1) is 21.5. The second-order valence-corrected chi connectivity index (χ2v) is 12.0. The van der Waals surface area contributed by atoms with Crippen LogP contribution in [-0.4, -0.2) is 108 Å². The lowest BCUT2D eigenvalue weighted by Crippen LogP contribution is -2.54. The Labute approximate surface area is 263 Å². The summed E-state index contributed by atoms with van der Waals surface area (Å²) in [5, 5.41) is 23.9. The van der Waals surface area contributed by atoms with Crippen molar-refractivity contribution in [3.63, 3.8) is 0 Å². The quantitative estimate of drug-likeness (QED) is 0.260. The third-order valence-corrected chi connectivity index (χ3v) is 8.48. The van der Waals surface area contributed by atoms with Crippen LogP contribution in [0.3, 0.4) is 0 Å². The smallest absolute Gasteiger partial charge is 0.267 e. The van der Waals surface area contributed by atoms with Gasteiger partial charge in [0, 0.05) is 73.7 Å². The van der Waals surface area contributed by atoms with Crippen molar-refractivity contribution in [2.75, 3.05) is 62.4 Å². The summed E-state index contributed by atoms with van der Waals surface area (Å²) in [4.78, 5) is 23.2. The first-order valence-electron chi connectivity index (χ1n) is 14.6. The van der Waals surface area contributed by atoms with Crippen molar-refractivity contribution in [2.45, 2.75) is 37.6 Å². The molecule has 242 valence electrons. The van der Waals surface area contributed by atoms with Gasteiger partial charge in [-0.1, -0.05) is 11.6 Å². The molecule has 15 heteroatoms. The van der Waals surface area contributed by atoms with E-state index in [1.807, 2.05) is 0 Å². The van der Waals surface area contributed by atoms with E-state index in [0.717, 1.165) is 39.0 Å². The number of pyridine rings is 1. The van der Waals surface area contributed by atoms with Crippen molar-refractivity contribution >= 4 is 40.5 Å². The molecule has 2 atom stereocenters. The second kappa shape index (κ2) is 14.2. The number of benzene rings is 1. The second-order valence-electron chi connectivity index (χ2n) is 11.5. The molecule has 2 fully saturated rings. The molecule has 3 N–H and O–H groups in total. The van der Waals surface area contributed by atoms with Crippen molar-refractivity contribution in [3.05, 3.63) is 53.4 Å². The molecule has 1 aliphatic carbocycles. The van der Waals surface area contributed by atoms with Crippen LogP contribution in [0.5, 0.6) is 0 Å². The maximum absolute atomic E-state index is 14.7. The number of amides is 1. The van der Waals surface area contributed by atoms with Crippen molar-refractivity contribution < 1.29 is 27.5 Å². The number of nitrogens with zero attached hydrogens (tertiary/aromatic N) is 6. The Morgan fingerprint density at radius 1 is 1.11 bits per heavy atom. The van der Waals surface area contributed by atoms with Gasteiger partial charge in [-0.3, -0.25) is 9.69 Å². The molecule has 1 saturated heterocycles. The number of carbonyl (C=O) groups is 1. The number of carbonyl (C=O) groups excluding carboxylic acids is 1. The molecule has 45 heavy (non-hydrogen) atoms. The summed E-state index contributed by atoms with van der Waals surface area (Å²) >= 11 is 6.07. The molecule has 3 heterocycles. The number of aliphatic hydroxyl groups excluding tert-OH is 1. The van der Waals surface area contributed by atoms with E-state index >= 15 is 0 Å². The third-order valence-electron chi connectivity index (χ3n) is 8.25. The topological polar surface area (TPSA) is 110 Å². The number of nitrogens with one attached hydrogen (secondary N) is 2. The highest BCUT2D eigenvalue weighted by Crippen LogP contribution is 2.35. The average molecular weight is 651 g/mol. The van der Waals surface area contributed by atoms with Gasteiger partial charge in [-0.2, -0.15) is 0 Å². The fourth-order valence-corrected chi connectivity index (χ4v) is 5.62. The Morgan fingerprint density at radius 2 is 1.84 bits per heavy atom. The number of aromatic nitrogens is 3. The molecule has 0 spiro atoms. The van der Waals surface area contributed by atoms with E-state index in [2.05, 4.69) is 42.7 Å². The number of aliphatic hydroxyl groups is 1. The van der Waals surface area contributed by atoms with Crippen LogP contribution in [0, 0.1) is 11.7 Å². The van der Waals surface area contributed by atoms with Gasteiger partial charge in [0.15, 0.2) is 5.82 Å². The number of hydrogen-bond donors (Lipinski definition) is 3. The van der Waals surface area contributed by atoms with Crippen LogP contribution in [0.4, 0.5) is 40.6 Å². The minimum atomic E-state index is -3.27. The highest BCUT2D eigenvalue weighted by Gasteiger charge is 2.38. The van der Waals surface area contributed by atoms with E-state index in [-0.39, 0.29) is 39.6 Å². The van der Waals surface area contributed by atoms with Crippen LogP contribution >= 0.6 is 11.6 Å². The summed E-state index contributed by atoms with van der Waals surface area (Å²) < 4.78 is 54.9. The summed E-state index contributed by atoms with van der Waals surface area (Å²) in [5.74, 6) is -0.511. The van der Waals surface area contributed by atoms with Gasteiger partial charge in [0.25, 0.3) is 6.43 Å². The molecule has 3 aromatic rings. The third kappa shape index (κ3) is 7.98. The molecule has 0 radical (unpaired) electrons. The molecular formula is C30H35ClF4N8O2. The maximum atomic E-state index is 14.7. The number of likely N-dealkylation sites (N-methyl/N-ethyl adjacent to an activating group) is 1. The number of halogens is 5. The average Bonchev–Trinajstić information content (AvgIpc) is 2.98. The van der Waals surface area contributed by atoms with Crippen LogP contribution < -0.4 is 15.5 Å². The van der Waals surface area contributed by atoms with E-state index in [1.54, 1.807) is 12.1 Å². The molecule has 5 rings (SSSR count). The Balaban J connectivity index is 1.32. The minimum Gasteiger partial charge on any atom is -0.384 e. The predicted octanol–water partition coefficient (Wildman–Crippen LogP) is 4.44. The highest BCUT2D eigenvalue weighted by atomic mass is 35.5. The lowest BCUT2D eigenvalue weighted by molar-refractivity contribution is -0.124. The van der Waals surface area contributed by atoms with Crippen molar-refractivity contribution in [1.29, 1.82) is 0 Å². The zero-order valence-corrected chi connectivity index (χ0v) is 25.6. The van der Waals surface area contributed by atoms with Gasteiger partial charge in [-0.05, 0) is 50.2 Å². The lowest BCUT2D eigenvalue weighted by Gasteiger charge is -2.45. The van der Waals surface area contributed by atoms with Gasteiger partial charge in [-0.25, -0.2) is 22.5 Å². The largest absolute Gasteiger partial charge is 0.384 e. The normalized spacial score (nSPS) is 20.4. The number of hydrogen-bond acceptors (Lipinski definition) is 9. The van der Waals surface area contributed by atoms with Gasteiger partial charge >= 0.3 is 0 Å². The van der Waals surface area contributed by atoms with E-state index in [0.29, 0.717) is 17.5 Å². The SMILES string of the molecule is CN1CCN(C2CC(C(=O)Nc3cc(Nc4cc(-c5cc(Cl)ccc5F)nnc4N(C)CC(F)C(O)C(F)F)ccn3)C2)CC1. The zero-order valence-electron chi connectivity index (χ0n) is 24.8. The van der Waals surface area contributed by atoms with Crippen molar-refractivity contribution in [3.8, 4) is 11.3 Å². The van der Waals surface area contributed by atoms with Gasteiger partial charge in [-0.15, -0.1) is 10.2 Å². The van der Waals surface area contributed by atoms with E-state index < -0.39 is 31.1 Å². The maximum Gasteiger partial charge on any atom is 0.267 e. The van der Waals surface area contributed by atoms with Gasteiger partial charge in [0.1, 0.15) is 23.9 Å². The summed E-state index contributed by atoms with van der Waals surface area (Å²) in [6, 6.07) is 9.00. The van der Waals surface area contributed by atoms with E-state index in [4.69, 9.17) is 11.6 Å². The van der Waals surface area contributed by atoms with Crippen LogP contribution in [0.25, 0.3) is 11.3 Å². The Kier molecular flexibility index (Phi) is 10.4. The molecule has 2 aliphatic rings. The minimum absolute atomic E-state index is 0.0390. The summed E-state index contributed by atoms with van der Waals surface area (Å²) in [6.07, 6.45) is -5.00. The molecule has 1 amide bonds. The van der Waals surface area contributed by atoms with Crippen LogP contribution in [0.2, 0.25) is 5.02 Å². The van der Waals surface area contributed by atoms with Crippen molar-refractivity contribution in [1.82, 2.24) is 25.0 Å². The lowest BCUT2D eigenvalue weighted by atomic mass is 9.78. The Bertz CT molecular complexity index is 1490. The zero-order chi connectivity index (χ0) is 32.2. The fourth-order valence-electron chi connectivity index (χ4n) is 5.45. The Hall–Kier alpha value is -3.59. The molecule has 10 nitrogen and oxygen atoms in total. The number of alkyl halides is 3. The van der Waals surface area contributed by atoms with Crippen molar-refractivity contribution in [2.24, 2.45) is 5.92 Å². The number of piperazine rings is 1. The highest BCUT2D eigenvalue weighted by molar-refractivity contribution is 6.30. The van der Waals surface area contributed by atoms with E-state index in [9.17, 15) is 27.5 Å². The molecule has 1 aliphatic heterocycles. The molecular weight excluding hydrogens is 616 g/mol. The molecule has 2 aromatic heterocycles. The first-order valence-corrected chi connectivity index (χ1v) is 15.0. The molecule has 1 saturated carbocycles. The van der Waals surface area contributed by atoms with Gasteiger partial charge in [0.05, 0.1) is 17.9 Å². The standard InChI is InChI=1S/C30H35ClF4N8O2/c1-41-7-9-43(10-8-41)20-11-17(12-20)30(45)38-26-14-19(5-6-36-26)37-25-15-24(21-13-18(31)3-4-22(21)32)39-40-29(25)42(2)16-23(33)27(44)28(34)35/h3-6,13-15,17,20,23,27-28,44H,7-12,16H2,1-2H3,(H2,36,37,38,39,45). The summed E-state index contributed by atoms with van der Waals surface area (Å²) in [7, 11) is 3.50. The monoisotopic (exact) mass is 650 g/mol. The fraction of sp³-hybridized carbons (Fsp3) is 0.467. The molecule has 2 unspecified atom stereocenters. The van der Waals surface area contributed by atoms with Crippen LogP contribution in [0.15, 0.2) is 42.6 Å². The van der Waals surface area contributed by atoms with Gasteiger partial charge in [0.2, 0.25) is 5.91 Å². The van der Waals surface area contributed by atoms with Crippen LogP contribution in [0.1, 0.15) is 12.8 Å². The molecule has 0 bridgehead atoms. The van der Waals surface area contributed by atoms with E-state index in [1.165, 1.54) is 42.4 Å².